The molecule has 0 aromatic heterocycles. The Labute approximate surface area is 131 Å². The second kappa shape index (κ2) is 8.78. The van der Waals surface area contributed by atoms with E-state index in [9.17, 15) is 4.39 Å². The van der Waals surface area contributed by atoms with Gasteiger partial charge in [0.05, 0.1) is 0 Å². The molecule has 0 fully saturated rings. The van der Waals surface area contributed by atoms with Gasteiger partial charge in [0.1, 0.15) is 5.82 Å². The van der Waals surface area contributed by atoms with E-state index in [0.29, 0.717) is 5.02 Å². The second-order valence-electron chi connectivity index (χ2n) is 5.09. The largest absolute Gasteiger partial charge is 0.368 e. The fraction of sp³-hybridized carbons (Fsp3) is 0.500. The van der Waals surface area contributed by atoms with Gasteiger partial charge in [0.25, 0.3) is 0 Å². The van der Waals surface area contributed by atoms with Crippen molar-refractivity contribution < 1.29 is 4.39 Å². The van der Waals surface area contributed by atoms with Crippen molar-refractivity contribution in [2.24, 2.45) is 15.7 Å². The number of guanidine groups is 1. The molecule has 0 aliphatic rings. The molecular formula is C16H23ClFN3. The molecule has 1 aromatic rings. The topological polar surface area (TPSA) is 50.7 Å². The Hall–Kier alpha value is -1.42. The Morgan fingerprint density at radius 2 is 2.05 bits per heavy atom. The molecule has 0 aliphatic carbocycles. The highest BCUT2D eigenvalue weighted by atomic mass is 35.5. The Kier molecular flexibility index (Phi) is 7.37. The summed E-state index contributed by atoms with van der Waals surface area (Å²) >= 11 is 5.96. The highest BCUT2D eigenvalue weighted by Gasteiger charge is 2.17. The van der Waals surface area contributed by atoms with Gasteiger partial charge in [0.15, 0.2) is 0 Å². The molecule has 1 rings (SSSR count). The zero-order valence-electron chi connectivity index (χ0n) is 12.9. The third-order valence-corrected chi connectivity index (χ3v) is 3.63. The molecule has 0 spiro atoms. The molecule has 116 valence electrons. The smallest absolute Gasteiger partial charge is 0.214 e. The van der Waals surface area contributed by atoms with Crippen LogP contribution in [0.5, 0.6) is 0 Å². The quantitative estimate of drug-likeness (QED) is 0.468. The van der Waals surface area contributed by atoms with E-state index in [4.69, 9.17) is 17.3 Å². The van der Waals surface area contributed by atoms with Crippen LogP contribution < -0.4 is 5.73 Å². The second-order valence-corrected chi connectivity index (χ2v) is 5.52. The number of rotatable bonds is 6. The third-order valence-electron chi connectivity index (χ3n) is 3.41. The first-order valence-electron chi connectivity index (χ1n) is 7.21. The van der Waals surface area contributed by atoms with Crippen molar-refractivity contribution in [3.05, 3.63) is 34.6 Å². The van der Waals surface area contributed by atoms with Crippen LogP contribution in [-0.2, 0) is 0 Å². The molecule has 0 aliphatic heterocycles. The molecule has 0 heterocycles. The minimum Gasteiger partial charge on any atom is -0.368 e. The molecule has 1 unspecified atom stereocenters. The van der Waals surface area contributed by atoms with Crippen LogP contribution in [0.15, 0.2) is 28.2 Å². The first kappa shape index (κ1) is 17.6. The monoisotopic (exact) mass is 311 g/mol. The average molecular weight is 312 g/mol. The Morgan fingerprint density at radius 1 is 1.33 bits per heavy atom. The van der Waals surface area contributed by atoms with E-state index in [1.807, 2.05) is 6.92 Å². The minimum absolute atomic E-state index is 0.00468. The standard InChI is InChI=1S/C16H23ClFN3/c1-4-5-6-7-15(11(2)21-16(19)20-3)12-8-13(17)10-14(18)9-12/h8-10,15H,4-7H2,1-3H3,(H2,19,20). The number of hydrogen-bond acceptors (Lipinski definition) is 1. The molecule has 1 atom stereocenters. The van der Waals surface area contributed by atoms with Gasteiger partial charge in [-0.15, -0.1) is 0 Å². The van der Waals surface area contributed by atoms with Crippen molar-refractivity contribution in [3.63, 3.8) is 0 Å². The summed E-state index contributed by atoms with van der Waals surface area (Å²) in [7, 11) is 1.59. The zero-order valence-corrected chi connectivity index (χ0v) is 13.6. The van der Waals surface area contributed by atoms with Crippen LogP contribution >= 0.6 is 11.6 Å². The summed E-state index contributed by atoms with van der Waals surface area (Å²) < 4.78 is 13.6. The molecule has 0 amide bonds. The van der Waals surface area contributed by atoms with Crippen molar-refractivity contribution in [1.29, 1.82) is 0 Å². The highest BCUT2D eigenvalue weighted by molar-refractivity contribution is 6.30. The first-order valence-corrected chi connectivity index (χ1v) is 7.59. The van der Waals surface area contributed by atoms with Crippen LogP contribution in [-0.4, -0.2) is 18.7 Å². The number of nitrogens with two attached hydrogens (primary N) is 1. The van der Waals surface area contributed by atoms with Gasteiger partial charge in [0, 0.05) is 23.7 Å². The van der Waals surface area contributed by atoms with E-state index in [2.05, 4.69) is 16.9 Å². The van der Waals surface area contributed by atoms with E-state index in [-0.39, 0.29) is 17.7 Å². The lowest BCUT2D eigenvalue weighted by Crippen LogP contribution is -2.16. The molecule has 1 aromatic carbocycles. The lowest BCUT2D eigenvalue weighted by molar-refractivity contribution is 0.614. The van der Waals surface area contributed by atoms with Crippen LogP contribution in [0, 0.1) is 5.82 Å². The number of nitrogens with zero attached hydrogens (tertiary/aromatic N) is 2. The molecule has 0 bridgehead atoms. The number of aliphatic imine (C=N–C) groups is 2. The van der Waals surface area contributed by atoms with E-state index in [0.717, 1.165) is 37.0 Å². The lowest BCUT2D eigenvalue weighted by atomic mass is 9.89. The fourth-order valence-corrected chi connectivity index (χ4v) is 2.53. The van der Waals surface area contributed by atoms with Gasteiger partial charge < -0.3 is 5.73 Å². The van der Waals surface area contributed by atoms with Gasteiger partial charge in [0.2, 0.25) is 5.96 Å². The normalized spacial score (nSPS) is 14.3. The molecule has 0 saturated heterocycles. The third kappa shape index (κ3) is 5.84. The summed E-state index contributed by atoms with van der Waals surface area (Å²) in [5.41, 5.74) is 7.33. The summed E-state index contributed by atoms with van der Waals surface area (Å²) in [6.07, 6.45) is 4.20. The van der Waals surface area contributed by atoms with E-state index < -0.39 is 0 Å². The lowest BCUT2D eigenvalue weighted by Gasteiger charge is -2.18. The SMILES string of the molecule is CCCCCC(C(C)=NC(N)=NC)c1cc(F)cc(Cl)c1. The van der Waals surface area contributed by atoms with Gasteiger partial charge in [-0.05, 0) is 37.1 Å². The average Bonchev–Trinajstić information content (AvgIpc) is 2.42. The van der Waals surface area contributed by atoms with Gasteiger partial charge in [-0.3, -0.25) is 4.99 Å². The Morgan fingerprint density at radius 3 is 2.62 bits per heavy atom. The molecule has 21 heavy (non-hydrogen) atoms. The van der Waals surface area contributed by atoms with Crippen molar-refractivity contribution in [2.45, 2.75) is 45.4 Å². The van der Waals surface area contributed by atoms with E-state index in [1.165, 1.54) is 12.1 Å². The van der Waals surface area contributed by atoms with Gasteiger partial charge in [-0.1, -0.05) is 37.8 Å². The van der Waals surface area contributed by atoms with Crippen molar-refractivity contribution in [1.82, 2.24) is 0 Å². The van der Waals surface area contributed by atoms with Crippen LogP contribution in [0.1, 0.15) is 51.0 Å². The van der Waals surface area contributed by atoms with Crippen molar-refractivity contribution in [3.8, 4) is 0 Å². The summed E-state index contributed by atoms with van der Waals surface area (Å²) in [5, 5.41) is 0.399. The fourth-order valence-electron chi connectivity index (χ4n) is 2.30. The Bertz CT molecular complexity index is 506. The molecule has 2 N–H and O–H groups in total. The molecule has 0 saturated carbocycles. The van der Waals surface area contributed by atoms with Crippen LogP contribution in [0.25, 0.3) is 0 Å². The maximum atomic E-state index is 13.6. The predicted octanol–water partition coefficient (Wildman–Crippen LogP) is 4.55. The van der Waals surface area contributed by atoms with Crippen LogP contribution in [0.2, 0.25) is 5.02 Å². The Balaban J connectivity index is 3.09. The summed E-state index contributed by atoms with van der Waals surface area (Å²) in [5.74, 6) is -0.0940. The summed E-state index contributed by atoms with van der Waals surface area (Å²) in [6.45, 7) is 4.05. The molecule has 3 nitrogen and oxygen atoms in total. The van der Waals surface area contributed by atoms with Crippen molar-refractivity contribution in [2.75, 3.05) is 7.05 Å². The van der Waals surface area contributed by atoms with Gasteiger partial charge >= 0.3 is 0 Å². The zero-order chi connectivity index (χ0) is 15.8. The highest BCUT2D eigenvalue weighted by Crippen LogP contribution is 2.27. The van der Waals surface area contributed by atoms with E-state index in [1.54, 1.807) is 13.1 Å². The van der Waals surface area contributed by atoms with Crippen LogP contribution in [0.4, 0.5) is 4.39 Å². The summed E-state index contributed by atoms with van der Waals surface area (Å²) in [6, 6.07) is 4.61. The van der Waals surface area contributed by atoms with Crippen molar-refractivity contribution >= 4 is 23.3 Å². The number of hydrogen-bond donors (Lipinski definition) is 1. The van der Waals surface area contributed by atoms with Gasteiger partial charge in [-0.25, -0.2) is 9.38 Å². The number of unbranched alkanes of at least 4 members (excludes halogenated alkanes) is 2. The predicted molar refractivity (Wildman–Crippen MR) is 88.9 cm³/mol. The minimum atomic E-state index is -0.331. The number of halogens is 2. The van der Waals surface area contributed by atoms with Crippen LogP contribution in [0.3, 0.4) is 0 Å². The maximum Gasteiger partial charge on any atom is 0.214 e. The molecule has 5 heteroatoms. The molecule has 0 radical (unpaired) electrons. The summed E-state index contributed by atoms with van der Waals surface area (Å²) in [4.78, 5) is 8.13. The first-order chi connectivity index (χ1) is 9.97. The number of benzene rings is 1. The molecular weight excluding hydrogens is 289 g/mol. The van der Waals surface area contributed by atoms with E-state index >= 15 is 0 Å². The van der Waals surface area contributed by atoms with Gasteiger partial charge in [-0.2, -0.15) is 0 Å². The maximum absolute atomic E-state index is 13.6.